The van der Waals surface area contributed by atoms with Crippen LogP contribution in [-0.2, 0) is 6.54 Å². The van der Waals surface area contributed by atoms with E-state index in [-0.39, 0.29) is 5.82 Å². The molecule has 0 radical (unpaired) electrons. The molecule has 1 aromatic carbocycles. The Labute approximate surface area is 110 Å². The van der Waals surface area contributed by atoms with Crippen molar-refractivity contribution in [1.29, 1.82) is 0 Å². The highest BCUT2D eigenvalue weighted by atomic mass is 32.1. The van der Waals surface area contributed by atoms with Crippen LogP contribution >= 0.6 is 11.3 Å². The van der Waals surface area contributed by atoms with Gasteiger partial charge in [-0.25, -0.2) is 4.39 Å². The number of anilines is 1. The Morgan fingerprint density at radius 3 is 2.83 bits per heavy atom. The van der Waals surface area contributed by atoms with E-state index in [2.05, 4.69) is 0 Å². The lowest BCUT2D eigenvalue weighted by atomic mass is 10.2. The quantitative estimate of drug-likeness (QED) is 0.766. The second kappa shape index (κ2) is 5.78. The lowest BCUT2D eigenvalue weighted by molar-refractivity contribution is 0.112. The Morgan fingerprint density at radius 1 is 1.39 bits per heavy atom. The van der Waals surface area contributed by atoms with E-state index in [0.717, 1.165) is 18.8 Å². The molecular weight excluding hydrogens is 249 g/mol. The van der Waals surface area contributed by atoms with E-state index < -0.39 is 0 Å². The van der Waals surface area contributed by atoms with Crippen molar-refractivity contribution in [3.63, 3.8) is 0 Å². The van der Waals surface area contributed by atoms with Crippen molar-refractivity contribution in [2.45, 2.75) is 13.5 Å². The molecule has 2 nitrogen and oxygen atoms in total. The summed E-state index contributed by atoms with van der Waals surface area (Å²) in [6.45, 7) is 3.51. The molecule has 0 bridgehead atoms. The summed E-state index contributed by atoms with van der Waals surface area (Å²) in [7, 11) is 0. The predicted octanol–water partition coefficient (Wildman–Crippen LogP) is 3.73. The zero-order valence-corrected chi connectivity index (χ0v) is 10.9. The van der Waals surface area contributed by atoms with E-state index in [1.54, 1.807) is 17.4 Å². The van der Waals surface area contributed by atoms with Crippen LogP contribution in [0.1, 0.15) is 22.2 Å². The van der Waals surface area contributed by atoms with Crippen molar-refractivity contribution in [3.05, 3.63) is 52.0 Å². The molecule has 0 saturated heterocycles. The average Bonchev–Trinajstić information content (AvgIpc) is 2.88. The number of hydrogen-bond acceptors (Lipinski definition) is 3. The van der Waals surface area contributed by atoms with Crippen LogP contribution in [-0.4, -0.2) is 12.8 Å². The largest absolute Gasteiger partial charge is 0.367 e. The molecule has 0 aliphatic heterocycles. The monoisotopic (exact) mass is 263 g/mol. The summed E-state index contributed by atoms with van der Waals surface area (Å²) in [5.41, 5.74) is 1.11. The number of aldehydes is 1. The van der Waals surface area contributed by atoms with E-state index in [1.807, 2.05) is 29.3 Å². The molecule has 1 aromatic heterocycles. The third-order valence-corrected chi connectivity index (χ3v) is 3.58. The molecule has 2 aromatic rings. The van der Waals surface area contributed by atoms with Crippen molar-refractivity contribution in [1.82, 2.24) is 0 Å². The lowest BCUT2D eigenvalue weighted by Crippen LogP contribution is -2.21. The van der Waals surface area contributed by atoms with Gasteiger partial charge in [-0.05, 0) is 36.6 Å². The molecular formula is C14H14FNOS. The topological polar surface area (TPSA) is 20.3 Å². The van der Waals surface area contributed by atoms with E-state index in [1.165, 1.54) is 17.0 Å². The summed E-state index contributed by atoms with van der Waals surface area (Å²) in [4.78, 5) is 14.0. The minimum Gasteiger partial charge on any atom is -0.367 e. The molecule has 0 saturated carbocycles. The van der Waals surface area contributed by atoms with Crippen molar-refractivity contribution in [2.24, 2.45) is 0 Å². The van der Waals surface area contributed by atoms with Gasteiger partial charge in [0.05, 0.1) is 6.54 Å². The van der Waals surface area contributed by atoms with Gasteiger partial charge in [0.15, 0.2) is 0 Å². The third-order valence-electron chi connectivity index (χ3n) is 2.71. The van der Waals surface area contributed by atoms with Gasteiger partial charge < -0.3 is 4.90 Å². The van der Waals surface area contributed by atoms with Crippen molar-refractivity contribution in [3.8, 4) is 0 Å². The lowest BCUT2D eigenvalue weighted by Gasteiger charge is -2.22. The van der Waals surface area contributed by atoms with Gasteiger partial charge in [0.1, 0.15) is 12.1 Å². The van der Waals surface area contributed by atoms with Crippen LogP contribution in [0, 0.1) is 5.82 Å². The number of hydrogen-bond donors (Lipinski definition) is 0. The number of rotatable bonds is 5. The standard InChI is InChI=1S/C14H14FNOS/c1-2-16(9-14-4-3-5-18-14)13-7-11(10-17)6-12(15)8-13/h3-8,10H,2,9H2,1H3. The van der Waals surface area contributed by atoms with Crippen LogP contribution in [0.5, 0.6) is 0 Å². The maximum Gasteiger partial charge on any atom is 0.150 e. The molecule has 4 heteroatoms. The van der Waals surface area contributed by atoms with Gasteiger partial charge >= 0.3 is 0 Å². The molecule has 0 aliphatic rings. The number of halogens is 1. The Balaban J connectivity index is 2.26. The van der Waals surface area contributed by atoms with Crippen LogP contribution in [0.15, 0.2) is 35.7 Å². The highest BCUT2D eigenvalue weighted by Gasteiger charge is 2.08. The first-order chi connectivity index (χ1) is 8.72. The van der Waals surface area contributed by atoms with E-state index in [9.17, 15) is 9.18 Å². The molecule has 0 amide bonds. The first-order valence-corrected chi connectivity index (χ1v) is 6.64. The molecule has 0 atom stereocenters. The fourth-order valence-electron chi connectivity index (χ4n) is 1.82. The molecule has 18 heavy (non-hydrogen) atoms. The SMILES string of the molecule is CCN(Cc1cccs1)c1cc(F)cc(C=O)c1. The average molecular weight is 263 g/mol. The van der Waals surface area contributed by atoms with Crippen molar-refractivity contribution < 1.29 is 9.18 Å². The van der Waals surface area contributed by atoms with Gasteiger partial charge in [-0.1, -0.05) is 6.07 Å². The zero-order chi connectivity index (χ0) is 13.0. The van der Waals surface area contributed by atoms with Crippen LogP contribution in [0.4, 0.5) is 10.1 Å². The third kappa shape index (κ3) is 2.96. The summed E-state index contributed by atoms with van der Waals surface area (Å²) in [5.74, 6) is -0.376. The number of thiophene rings is 1. The van der Waals surface area contributed by atoms with Crippen molar-refractivity contribution in [2.75, 3.05) is 11.4 Å². The highest BCUT2D eigenvalue weighted by Crippen LogP contribution is 2.21. The van der Waals surface area contributed by atoms with Crippen LogP contribution in [0.2, 0.25) is 0 Å². The van der Waals surface area contributed by atoms with Gasteiger partial charge in [-0.15, -0.1) is 11.3 Å². The van der Waals surface area contributed by atoms with Gasteiger partial charge in [0.25, 0.3) is 0 Å². The number of nitrogens with zero attached hydrogens (tertiary/aromatic N) is 1. The summed E-state index contributed by atoms with van der Waals surface area (Å²) >= 11 is 1.67. The molecule has 94 valence electrons. The van der Waals surface area contributed by atoms with Crippen LogP contribution < -0.4 is 4.90 Å². The van der Waals surface area contributed by atoms with E-state index >= 15 is 0 Å². The molecule has 0 aliphatic carbocycles. The first kappa shape index (κ1) is 12.8. The summed E-state index contributed by atoms with van der Waals surface area (Å²) in [5, 5.41) is 2.02. The smallest absolute Gasteiger partial charge is 0.150 e. The summed E-state index contributed by atoms with van der Waals surface area (Å²) in [6.07, 6.45) is 0.672. The highest BCUT2D eigenvalue weighted by molar-refractivity contribution is 7.09. The van der Waals surface area contributed by atoms with Crippen LogP contribution in [0.3, 0.4) is 0 Å². The molecule has 0 N–H and O–H groups in total. The van der Waals surface area contributed by atoms with Crippen molar-refractivity contribution >= 4 is 23.3 Å². The summed E-state index contributed by atoms with van der Waals surface area (Å²) in [6, 6.07) is 8.47. The van der Waals surface area contributed by atoms with Gasteiger partial charge in [0, 0.05) is 22.7 Å². The maximum absolute atomic E-state index is 13.4. The molecule has 0 spiro atoms. The van der Waals surface area contributed by atoms with Crippen LogP contribution in [0.25, 0.3) is 0 Å². The Morgan fingerprint density at radius 2 is 2.22 bits per heavy atom. The molecule has 0 unspecified atom stereocenters. The number of carbonyl (C=O) groups is 1. The first-order valence-electron chi connectivity index (χ1n) is 5.76. The molecule has 1 heterocycles. The van der Waals surface area contributed by atoms with E-state index in [4.69, 9.17) is 0 Å². The summed E-state index contributed by atoms with van der Waals surface area (Å²) < 4.78 is 13.4. The second-order valence-corrected chi connectivity index (χ2v) is 4.99. The fourth-order valence-corrected chi connectivity index (χ4v) is 2.54. The Hall–Kier alpha value is -1.68. The molecule has 0 fully saturated rings. The van der Waals surface area contributed by atoms with Gasteiger partial charge in [-0.3, -0.25) is 4.79 Å². The zero-order valence-electron chi connectivity index (χ0n) is 10.1. The predicted molar refractivity (Wildman–Crippen MR) is 72.8 cm³/mol. The minimum absolute atomic E-state index is 0.370. The number of benzene rings is 1. The second-order valence-electron chi connectivity index (χ2n) is 3.95. The van der Waals surface area contributed by atoms with Gasteiger partial charge in [0.2, 0.25) is 0 Å². The Bertz CT molecular complexity index is 525. The van der Waals surface area contributed by atoms with Gasteiger partial charge in [-0.2, -0.15) is 0 Å². The molecule has 2 rings (SSSR count). The number of carbonyl (C=O) groups excluding carboxylic acids is 1. The maximum atomic E-state index is 13.4. The fraction of sp³-hybridized carbons (Fsp3) is 0.214. The minimum atomic E-state index is -0.376. The van der Waals surface area contributed by atoms with E-state index in [0.29, 0.717) is 11.8 Å². The Kier molecular flexibility index (Phi) is 4.10. The normalized spacial score (nSPS) is 10.3.